The van der Waals surface area contributed by atoms with Crippen LogP contribution < -0.4 is 4.18 Å². The Hall–Kier alpha value is -0.490. The van der Waals surface area contributed by atoms with Gasteiger partial charge in [0.05, 0.1) is 5.02 Å². The number of rotatable bonds is 4. The Balaban J connectivity index is 2.99. The van der Waals surface area contributed by atoms with E-state index < -0.39 is 10.3 Å². The van der Waals surface area contributed by atoms with Crippen molar-refractivity contribution in [2.75, 3.05) is 14.1 Å². The van der Waals surface area contributed by atoms with Gasteiger partial charge in [-0.3, -0.25) is 0 Å². The molecule has 0 bridgehead atoms. The lowest BCUT2D eigenvalue weighted by atomic mass is 10.2. The van der Waals surface area contributed by atoms with E-state index in [2.05, 4.69) is 0 Å². The number of halogens is 2. The monoisotopic (exact) mass is 283 g/mol. The van der Waals surface area contributed by atoms with Crippen molar-refractivity contribution in [1.82, 2.24) is 4.31 Å². The predicted molar refractivity (Wildman–Crippen MR) is 64.2 cm³/mol. The smallest absolute Gasteiger partial charge is 0.369 e. The van der Waals surface area contributed by atoms with Crippen LogP contribution in [0, 0.1) is 0 Å². The summed E-state index contributed by atoms with van der Waals surface area (Å²) < 4.78 is 28.6. The second kappa shape index (κ2) is 5.23. The minimum absolute atomic E-state index is 0.0873. The molecule has 1 aromatic carbocycles. The third-order valence-electron chi connectivity index (χ3n) is 1.79. The fourth-order valence-corrected chi connectivity index (χ4v) is 1.86. The van der Waals surface area contributed by atoms with Gasteiger partial charge in [-0.25, -0.2) is 0 Å². The van der Waals surface area contributed by atoms with E-state index in [1.807, 2.05) is 0 Å². The molecule has 16 heavy (non-hydrogen) atoms. The van der Waals surface area contributed by atoms with E-state index >= 15 is 0 Å². The summed E-state index contributed by atoms with van der Waals surface area (Å²) >= 11 is 11.5. The van der Waals surface area contributed by atoms with E-state index in [-0.39, 0.29) is 10.8 Å². The summed E-state index contributed by atoms with van der Waals surface area (Å²) in [5, 5.41) is 0.212. The molecule has 0 N–H and O–H groups in total. The van der Waals surface area contributed by atoms with Crippen LogP contribution in [0.1, 0.15) is 5.56 Å². The highest BCUT2D eigenvalue weighted by Crippen LogP contribution is 2.27. The Morgan fingerprint density at radius 3 is 2.44 bits per heavy atom. The summed E-state index contributed by atoms with van der Waals surface area (Å²) in [5.74, 6) is 0.393. The van der Waals surface area contributed by atoms with Gasteiger partial charge in [-0.05, 0) is 17.7 Å². The van der Waals surface area contributed by atoms with Gasteiger partial charge in [0.2, 0.25) is 0 Å². The van der Waals surface area contributed by atoms with Crippen LogP contribution >= 0.6 is 23.2 Å². The lowest BCUT2D eigenvalue weighted by Gasteiger charge is -2.13. The maximum Gasteiger partial charge on any atom is 0.384 e. The molecular formula is C9H11Cl2NO3S. The van der Waals surface area contributed by atoms with E-state index in [0.717, 1.165) is 9.87 Å². The van der Waals surface area contributed by atoms with E-state index in [0.29, 0.717) is 5.88 Å². The molecule has 0 radical (unpaired) electrons. The largest absolute Gasteiger partial charge is 0.384 e. The average molecular weight is 284 g/mol. The number of nitrogens with zero attached hydrogens (tertiary/aromatic N) is 1. The fourth-order valence-electron chi connectivity index (χ4n) is 0.883. The summed E-state index contributed by atoms with van der Waals surface area (Å²) in [6.45, 7) is 0. The molecule has 0 aliphatic rings. The second-order valence-corrected chi connectivity index (χ2v) is 5.65. The fraction of sp³-hybridized carbons (Fsp3) is 0.333. The van der Waals surface area contributed by atoms with Crippen LogP contribution in [-0.4, -0.2) is 26.8 Å². The highest BCUT2D eigenvalue weighted by Gasteiger charge is 2.17. The molecule has 0 atom stereocenters. The molecule has 4 nitrogen and oxygen atoms in total. The lowest BCUT2D eigenvalue weighted by Crippen LogP contribution is -2.27. The third-order valence-corrected chi connectivity index (χ3v) is 3.68. The van der Waals surface area contributed by atoms with Gasteiger partial charge in [-0.2, -0.15) is 12.7 Å². The van der Waals surface area contributed by atoms with Gasteiger partial charge in [0, 0.05) is 20.0 Å². The molecule has 90 valence electrons. The van der Waals surface area contributed by atoms with Crippen molar-refractivity contribution in [2.45, 2.75) is 5.88 Å². The van der Waals surface area contributed by atoms with E-state index in [1.165, 1.54) is 20.2 Å². The van der Waals surface area contributed by atoms with Crippen LogP contribution in [0.4, 0.5) is 0 Å². The van der Waals surface area contributed by atoms with Gasteiger partial charge in [0.1, 0.15) is 0 Å². The molecular weight excluding hydrogens is 273 g/mol. The zero-order valence-corrected chi connectivity index (χ0v) is 11.1. The van der Waals surface area contributed by atoms with Gasteiger partial charge in [0.25, 0.3) is 0 Å². The standard InChI is InChI=1S/C9H11Cl2NO3S/c1-12(2)16(13,14)15-9-4-3-7(6-10)5-8(9)11/h3-5H,6H2,1-2H3. The highest BCUT2D eigenvalue weighted by atomic mass is 35.5. The number of benzene rings is 1. The Labute approximate surface area is 105 Å². The van der Waals surface area contributed by atoms with Crippen molar-refractivity contribution in [3.8, 4) is 5.75 Å². The molecule has 0 unspecified atom stereocenters. The highest BCUT2D eigenvalue weighted by molar-refractivity contribution is 7.84. The molecule has 0 amide bonds. The van der Waals surface area contributed by atoms with E-state index in [9.17, 15) is 8.42 Å². The molecule has 0 aliphatic carbocycles. The van der Waals surface area contributed by atoms with Crippen molar-refractivity contribution in [1.29, 1.82) is 0 Å². The minimum atomic E-state index is -3.78. The van der Waals surface area contributed by atoms with Crippen LogP contribution in [0.3, 0.4) is 0 Å². The molecule has 0 heterocycles. The van der Waals surface area contributed by atoms with Crippen LogP contribution in [0.25, 0.3) is 0 Å². The molecule has 0 aliphatic heterocycles. The first kappa shape index (κ1) is 13.6. The first-order valence-corrected chi connectivity index (χ1v) is 6.61. The van der Waals surface area contributed by atoms with Gasteiger partial charge < -0.3 is 4.18 Å². The van der Waals surface area contributed by atoms with Crippen LogP contribution in [-0.2, 0) is 16.2 Å². The zero-order chi connectivity index (χ0) is 12.3. The topological polar surface area (TPSA) is 46.6 Å². The lowest BCUT2D eigenvalue weighted by molar-refractivity contribution is 0.421. The first-order chi connectivity index (χ1) is 7.36. The first-order valence-electron chi connectivity index (χ1n) is 4.33. The summed E-state index contributed by atoms with van der Waals surface area (Å²) in [7, 11) is -1.03. The van der Waals surface area contributed by atoms with Crippen molar-refractivity contribution in [2.24, 2.45) is 0 Å². The Morgan fingerprint density at radius 2 is 2.00 bits per heavy atom. The van der Waals surface area contributed by atoms with Crippen molar-refractivity contribution >= 4 is 33.5 Å². The third kappa shape index (κ3) is 3.25. The Kier molecular flexibility index (Phi) is 4.43. The van der Waals surface area contributed by atoms with Gasteiger partial charge in [-0.15, -0.1) is 11.6 Å². The summed E-state index contributed by atoms with van der Waals surface area (Å²) in [6.07, 6.45) is 0. The molecule has 1 aromatic rings. The van der Waals surface area contributed by atoms with Crippen LogP contribution in [0.2, 0.25) is 5.02 Å². The predicted octanol–water partition coefficient (Wildman–Crippen LogP) is 2.26. The maximum absolute atomic E-state index is 11.4. The normalized spacial score (nSPS) is 11.8. The van der Waals surface area contributed by atoms with Crippen molar-refractivity contribution in [3.05, 3.63) is 28.8 Å². The zero-order valence-electron chi connectivity index (χ0n) is 8.78. The van der Waals surface area contributed by atoms with Crippen LogP contribution in [0.5, 0.6) is 5.75 Å². The average Bonchev–Trinajstić information content (AvgIpc) is 2.20. The Morgan fingerprint density at radius 1 is 1.38 bits per heavy atom. The molecule has 0 fully saturated rings. The number of hydrogen-bond acceptors (Lipinski definition) is 3. The minimum Gasteiger partial charge on any atom is -0.369 e. The molecule has 1 rings (SSSR count). The summed E-state index contributed by atoms with van der Waals surface area (Å²) in [4.78, 5) is 0. The number of alkyl halides is 1. The Bertz CT molecular complexity index is 474. The van der Waals surface area contributed by atoms with E-state index in [4.69, 9.17) is 27.4 Å². The van der Waals surface area contributed by atoms with Crippen molar-refractivity contribution in [3.63, 3.8) is 0 Å². The maximum atomic E-state index is 11.4. The molecule has 7 heteroatoms. The molecule has 0 spiro atoms. The molecule has 0 aromatic heterocycles. The summed E-state index contributed by atoms with van der Waals surface area (Å²) in [5.41, 5.74) is 0.793. The van der Waals surface area contributed by atoms with Gasteiger partial charge in [0.15, 0.2) is 5.75 Å². The molecule has 0 saturated heterocycles. The summed E-state index contributed by atoms with van der Waals surface area (Å²) in [6, 6.07) is 4.69. The molecule has 0 saturated carbocycles. The van der Waals surface area contributed by atoms with Gasteiger partial charge in [-0.1, -0.05) is 17.7 Å². The number of hydrogen-bond donors (Lipinski definition) is 0. The quantitative estimate of drug-likeness (QED) is 0.797. The van der Waals surface area contributed by atoms with Gasteiger partial charge >= 0.3 is 10.3 Å². The second-order valence-electron chi connectivity index (χ2n) is 3.22. The SMILES string of the molecule is CN(C)S(=O)(=O)Oc1ccc(CCl)cc1Cl. The van der Waals surface area contributed by atoms with E-state index in [1.54, 1.807) is 12.1 Å². The van der Waals surface area contributed by atoms with Crippen molar-refractivity contribution < 1.29 is 12.6 Å². The van der Waals surface area contributed by atoms with Crippen LogP contribution in [0.15, 0.2) is 18.2 Å².